The van der Waals surface area contributed by atoms with Crippen molar-refractivity contribution in [3.05, 3.63) is 46.6 Å². The third-order valence-corrected chi connectivity index (χ3v) is 7.50. The fourth-order valence-electron chi connectivity index (χ4n) is 5.01. The Morgan fingerprint density at radius 3 is 2.45 bits per heavy atom. The number of rotatable bonds is 8. The molecule has 0 radical (unpaired) electrons. The number of nitrogens with one attached hydrogen (secondary N) is 1. The van der Waals surface area contributed by atoms with Crippen LogP contribution in [0.25, 0.3) is 0 Å². The molecule has 0 saturated carbocycles. The van der Waals surface area contributed by atoms with Gasteiger partial charge in [0.1, 0.15) is 12.3 Å². The average Bonchev–Trinajstić information content (AvgIpc) is 2.92. The predicted octanol–water partition coefficient (Wildman–Crippen LogP) is 3.67. The minimum atomic E-state index is -0.123. The molecule has 9 heteroatoms. The van der Waals surface area contributed by atoms with Gasteiger partial charge in [0, 0.05) is 44.5 Å². The standard InChI is InChI=1S/C29H42N4O5/c1-19-25(27(34)33-14-11-22(12-15-33)30-23-13-16-37-18-24(23)35-5)31-28(36-6)32-26(19)38-17-20-7-9-21(10-8-20)29(2,3)4/h7-10,22-24,30H,11-18H2,1-6H3/t23-,24+/m1/s1. The van der Waals surface area contributed by atoms with E-state index in [4.69, 9.17) is 18.9 Å². The largest absolute Gasteiger partial charge is 0.472 e. The highest BCUT2D eigenvalue weighted by Gasteiger charge is 2.31. The summed E-state index contributed by atoms with van der Waals surface area (Å²) in [7, 11) is 3.23. The lowest BCUT2D eigenvalue weighted by Gasteiger charge is -2.38. The molecule has 2 aliphatic heterocycles. The number of benzene rings is 1. The number of carbonyl (C=O) groups is 1. The molecule has 0 unspecified atom stereocenters. The molecule has 1 N–H and O–H groups in total. The molecule has 1 amide bonds. The van der Waals surface area contributed by atoms with Gasteiger partial charge in [-0.2, -0.15) is 9.97 Å². The molecule has 2 atom stereocenters. The third kappa shape index (κ3) is 6.81. The Morgan fingerprint density at radius 1 is 1.11 bits per heavy atom. The van der Waals surface area contributed by atoms with E-state index in [0.29, 0.717) is 49.5 Å². The fourth-order valence-corrected chi connectivity index (χ4v) is 5.01. The zero-order valence-corrected chi connectivity index (χ0v) is 23.6. The van der Waals surface area contributed by atoms with Gasteiger partial charge < -0.3 is 29.2 Å². The monoisotopic (exact) mass is 526 g/mol. The smallest absolute Gasteiger partial charge is 0.320 e. The average molecular weight is 527 g/mol. The molecule has 3 heterocycles. The Bertz CT molecular complexity index is 1080. The van der Waals surface area contributed by atoms with Gasteiger partial charge in [-0.1, -0.05) is 45.0 Å². The summed E-state index contributed by atoms with van der Waals surface area (Å²) >= 11 is 0. The molecule has 2 saturated heterocycles. The van der Waals surface area contributed by atoms with Crippen LogP contribution >= 0.6 is 0 Å². The Morgan fingerprint density at radius 2 is 1.82 bits per heavy atom. The molecule has 0 bridgehead atoms. The summed E-state index contributed by atoms with van der Waals surface area (Å²) in [4.78, 5) is 24.2. The van der Waals surface area contributed by atoms with Crippen LogP contribution in [0.2, 0.25) is 0 Å². The number of ether oxygens (including phenoxy) is 4. The van der Waals surface area contributed by atoms with Crippen molar-refractivity contribution in [3.8, 4) is 11.9 Å². The van der Waals surface area contributed by atoms with Crippen LogP contribution in [0.4, 0.5) is 0 Å². The van der Waals surface area contributed by atoms with Gasteiger partial charge in [-0.25, -0.2) is 0 Å². The molecule has 38 heavy (non-hydrogen) atoms. The Labute approximate surface area is 226 Å². The first-order valence-corrected chi connectivity index (χ1v) is 13.5. The first-order chi connectivity index (χ1) is 18.2. The van der Waals surface area contributed by atoms with Crippen molar-refractivity contribution in [2.45, 2.75) is 77.2 Å². The Balaban J connectivity index is 1.39. The van der Waals surface area contributed by atoms with Gasteiger partial charge in [-0.05, 0) is 42.7 Å². The minimum absolute atomic E-state index is 0.0643. The molecule has 2 aliphatic rings. The van der Waals surface area contributed by atoms with E-state index in [0.717, 1.165) is 31.4 Å². The molecule has 9 nitrogen and oxygen atoms in total. The van der Waals surface area contributed by atoms with Crippen LogP contribution in [-0.2, 0) is 21.5 Å². The van der Waals surface area contributed by atoms with E-state index in [1.165, 1.54) is 12.7 Å². The number of hydrogen-bond acceptors (Lipinski definition) is 8. The lowest BCUT2D eigenvalue weighted by atomic mass is 9.87. The molecule has 2 aromatic rings. The maximum atomic E-state index is 13.5. The SMILES string of the molecule is COc1nc(OCc2ccc(C(C)(C)C)cc2)c(C)c(C(=O)N2CCC(N[C@@H]3CCOC[C@@H]3OC)CC2)n1. The molecule has 208 valence electrons. The van der Waals surface area contributed by atoms with Crippen molar-refractivity contribution < 1.29 is 23.7 Å². The molecule has 4 rings (SSSR count). The van der Waals surface area contributed by atoms with E-state index in [1.807, 2.05) is 11.8 Å². The van der Waals surface area contributed by atoms with E-state index >= 15 is 0 Å². The van der Waals surface area contributed by atoms with Gasteiger partial charge in [-0.3, -0.25) is 4.79 Å². The van der Waals surface area contributed by atoms with E-state index < -0.39 is 0 Å². The van der Waals surface area contributed by atoms with E-state index in [-0.39, 0.29) is 29.5 Å². The topological polar surface area (TPSA) is 95.0 Å². The van der Waals surface area contributed by atoms with Crippen molar-refractivity contribution in [2.75, 3.05) is 40.5 Å². The first-order valence-electron chi connectivity index (χ1n) is 13.5. The number of likely N-dealkylation sites (tertiary alicyclic amines) is 1. The van der Waals surface area contributed by atoms with Gasteiger partial charge in [0.15, 0.2) is 0 Å². The molecular weight excluding hydrogens is 484 g/mol. The van der Waals surface area contributed by atoms with Gasteiger partial charge in [0.05, 0.1) is 19.8 Å². The lowest BCUT2D eigenvalue weighted by molar-refractivity contribution is -0.0533. The van der Waals surface area contributed by atoms with Crippen molar-refractivity contribution >= 4 is 5.91 Å². The highest BCUT2D eigenvalue weighted by Crippen LogP contribution is 2.26. The van der Waals surface area contributed by atoms with Gasteiger partial charge >= 0.3 is 6.01 Å². The van der Waals surface area contributed by atoms with E-state index in [9.17, 15) is 4.79 Å². The molecule has 1 aromatic heterocycles. The Kier molecular flexibility index (Phi) is 9.23. The highest BCUT2D eigenvalue weighted by atomic mass is 16.5. The molecule has 2 fully saturated rings. The zero-order chi connectivity index (χ0) is 27.3. The second-order valence-corrected chi connectivity index (χ2v) is 11.2. The van der Waals surface area contributed by atoms with Crippen LogP contribution in [-0.4, -0.2) is 79.5 Å². The first kappa shape index (κ1) is 28.3. The summed E-state index contributed by atoms with van der Waals surface area (Å²) in [5.41, 5.74) is 3.32. The predicted molar refractivity (Wildman–Crippen MR) is 145 cm³/mol. The second-order valence-electron chi connectivity index (χ2n) is 11.2. The third-order valence-electron chi connectivity index (χ3n) is 7.50. The summed E-state index contributed by atoms with van der Waals surface area (Å²) in [5.74, 6) is 0.239. The number of nitrogens with zero attached hydrogens (tertiary/aromatic N) is 3. The van der Waals surface area contributed by atoms with Crippen LogP contribution in [0.1, 0.15) is 67.2 Å². The van der Waals surface area contributed by atoms with Crippen LogP contribution in [0.3, 0.4) is 0 Å². The zero-order valence-electron chi connectivity index (χ0n) is 23.6. The summed E-state index contributed by atoms with van der Waals surface area (Å²) in [6.07, 6.45) is 2.74. The number of methoxy groups -OCH3 is 2. The summed E-state index contributed by atoms with van der Waals surface area (Å²) in [5, 5.41) is 3.73. The normalized spacial score (nSPS) is 20.8. The second kappa shape index (κ2) is 12.4. The van der Waals surface area contributed by atoms with E-state index in [2.05, 4.69) is 60.3 Å². The van der Waals surface area contributed by atoms with Crippen LogP contribution in [0.15, 0.2) is 24.3 Å². The maximum Gasteiger partial charge on any atom is 0.320 e. The fraction of sp³-hybridized carbons (Fsp3) is 0.621. The summed E-state index contributed by atoms with van der Waals surface area (Å²) < 4.78 is 22.5. The van der Waals surface area contributed by atoms with Crippen molar-refractivity contribution in [3.63, 3.8) is 0 Å². The summed E-state index contributed by atoms with van der Waals surface area (Å²) in [6.45, 7) is 11.4. The van der Waals surface area contributed by atoms with Gasteiger partial charge in [0.25, 0.3) is 5.91 Å². The van der Waals surface area contributed by atoms with E-state index in [1.54, 1.807) is 7.11 Å². The van der Waals surface area contributed by atoms with Gasteiger partial charge in [-0.15, -0.1) is 0 Å². The van der Waals surface area contributed by atoms with Crippen molar-refractivity contribution in [1.82, 2.24) is 20.2 Å². The number of amides is 1. The summed E-state index contributed by atoms with van der Waals surface area (Å²) in [6, 6.07) is 9.11. The number of carbonyl (C=O) groups excluding carboxylic acids is 1. The van der Waals surface area contributed by atoms with Crippen molar-refractivity contribution in [1.29, 1.82) is 0 Å². The number of aromatic nitrogens is 2. The number of hydrogen-bond donors (Lipinski definition) is 1. The van der Waals surface area contributed by atoms with Crippen LogP contribution in [0.5, 0.6) is 11.9 Å². The van der Waals surface area contributed by atoms with Crippen LogP contribution < -0.4 is 14.8 Å². The lowest BCUT2D eigenvalue weighted by Crippen LogP contribution is -2.54. The molecule has 0 aliphatic carbocycles. The Hall–Kier alpha value is -2.75. The quantitative estimate of drug-likeness (QED) is 0.557. The molecule has 1 aromatic carbocycles. The number of piperidine rings is 1. The van der Waals surface area contributed by atoms with Crippen LogP contribution in [0, 0.1) is 6.92 Å². The van der Waals surface area contributed by atoms with Crippen molar-refractivity contribution in [2.24, 2.45) is 0 Å². The molecular formula is C29H42N4O5. The molecule has 0 spiro atoms. The maximum absolute atomic E-state index is 13.5. The highest BCUT2D eigenvalue weighted by molar-refractivity contribution is 5.94. The van der Waals surface area contributed by atoms with Gasteiger partial charge in [0.2, 0.25) is 5.88 Å². The minimum Gasteiger partial charge on any atom is -0.472 e.